The number of piperidine rings is 1. The van der Waals surface area contributed by atoms with Crippen LogP contribution in [0, 0.1) is 11.8 Å². The van der Waals surface area contributed by atoms with Crippen LogP contribution in [0.4, 0.5) is 0 Å². The Kier molecular flexibility index (Phi) is 5.26. The average Bonchev–Trinajstić information content (AvgIpc) is 2.16. The van der Waals surface area contributed by atoms with E-state index in [1.165, 1.54) is 6.42 Å². The molecule has 3 unspecified atom stereocenters. The lowest BCUT2D eigenvalue weighted by Gasteiger charge is -2.28. The lowest BCUT2D eigenvalue weighted by Crippen LogP contribution is -2.50. The van der Waals surface area contributed by atoms with Crippen LogP contribution >= 0.6 is 0 Å². The van der Waals surface area contributed by atoms with Gasteiger partial charge in [-0.25, -0.2) is 0 Å². The minimum absolute atomic E-state index is 0.0263. The summed E-state index contributed by atoms with van der Waals surface area (Å²) >= 11 is 0. The van der Waals surface area contributed by atoms with E-state index < -0.39 is 0 Å². The highest BCUT2D eigenvalue weighted by Gasteiger charge is 2.25. The Morgan fingerprint density at radius 2 is 2.12 bits per heavy atom. The Hall–Kier alpha value is -0.570. The summed E-state index contributed by atoms with van der Waals surface area (Å²) in [6, 6.07) is 0.310. The average molecular weight is 226 g/mol. The molecule has 0 bridgehead atoms. The molecule has 0 spiro atoms. The zero-order valence-corrected chi connectivity index (χ0v) is 11.0. The fourth-order valence-corrected chi connectivity index (χ4v) is 2.42. The van der Waals surface area contributed by atoms with Gasteiger partial charge in [0.25, 0.3) is 0 Å². The molecular weight excluding hydrogens is 200 g/mol. The van der Waals surface area contributed by atoms with Gasteiger partial charge in [0.1, 0.15) is 0 Å². The first kappa shape index (κ1) is 13.5. The zero-order valence-electron chi connectivity index (χ0n) is 11.0. The van der Waals surface area contributed by atoms with E-state index in [0.717, 1.165) is 19.4 Å². The molecule has 1 heterocycles. The van der Waals surface area contributed by atoms with Gasteiger partial charge in [-0.1, -0.05) is 20.8 Å². The molecule has 1 saturated heterocycles. The van der Waals surface area contributed by atoms with Gasteiger partial charge in [0.2, 0.25) is 5.91 Å². The molecule has 0 aliphatic carbocycles. The van der Waals surface area contributed by atoms with Gasteiger partial charge in [-0.3, -0.25) is 4.79 Å². The first-order valence-electron chi connectivity index (χ1n) is 6.52. The van der Waals surface area contributed by atoms with Crippen LogP contribution in [0.3, 0.4) is 0 Å². The number of nitrogens with one attached hydrogen (secondary N) is 2. The van der Waals surface area contributed by atoms with Crippen LogP contribution in [0.1, 0.15) is 47.0 Å². The van der Waals surface area contributed by atoms with Gasteiger partial charge in [0.05, 0.1) is 6.04 Å². The minimum atomic E-state index is 0.0263. The maximum Gasteiger partial charge on any atom is 0.237 e. The van der Waals surface area contributed by atoms with E-state index in [9.17, 15) is 4.79 Å². The lowest BCUT2D eigenvalue weighted by atomic mass is 9.93. The van der Waals surface area contributed by atoms with Crippen LogP contribution in [0.15, 0.2) is 0 Å². The fraction of sp³-hybridized carbons (Fsp3) is 0.923. The Labute approximate surface area is 99.4 Å². The second kappa shape index (κ2) is 6.24. The molecule has 2 N–H and O–H groups in total. The Balaban J connectivity index is 2.33. The smallest absolute Gasteiger partial charge is 0.237 e. The standard InChI is InChI=1S/C13H26N2O/c1-9(2)7-11(4)15-13(16)12-8-10(3)5-6-14-12/h9-12,14H,5-8H2,1-4H3,(H,15,16). The van der Waals surface area contributed by atoms with Crippen molar-refractivity contribution in [2.24, 2.45) is 11.8 Å². The van der Waals surface area contributed by atoms with Crippen LogP contribution in [-0.4, -0.2) is 24.5 Å². The van der Waals surface area contributed by atoms with E-state index in [1.807, 2.05) is 0 Å². The second-order valence-corrected chi connectivity index (χ2v) is 5.68. The maximum absolute atomic E-state index is 12.0. The van der Waals surface area contributed by atoms with E-state index in [0.29, 0.717) is 11.8 Å². The molecule has 0 aromatic carbocycles. The summed E-state index contributed by atoms with van der Waals surface area (Å²) in [6.07, 6.45) is 3.21. The monoisotopic (exact) mass is 226 g/mol. The number of hydrogen-bond donors (Lipinski definition) is 2. The molecule has 1 fully saturated rings. The van der Waals surface area contributed by atoms with Crippen molar-refractivity contribution < 1.29 is 4.79 Å². The minimum Gasteiger partial charge on any atom is -0.352 e. The van der Waals surface area contributed by atoms with Crippen LogP contribution < -0.4 is 10.6 Å². The van der Waals surface area contributed by atoms with Gasteiger partial charge >= 0.3 is 0 Å². The highest BCUT2D eigenvalue weighted by Crippen LogP contribution is 2.15. The molecule has 94 valence electrons. The Morgan fingerprint density at radius 1 is 1.44 bits per heavy atom. The Bertz CT molecular complexity index is 228. The molecule has 3 nitrogen and oxygen atoms in total. The van der Waals surface area contributed by atoms with Gasteiger partial charge < -0.3 is 10.6 Å². The molecule has 3 atom stereocenters. The third-order valence-electron chi connectivity index (χ3n) is 3.20. The first-order valence-corrected chi connectivity index (χ1v) is 6.52. The number of amides is 1. The number of rotatable bonds is 4. The highest BCUT2D eigenvalue weighted by atomic mass is 16.2. The summed E-state index contributed by atoms with van der Waals surface area (Å²) < 4.78 is 0. The molecule has 3 heteroatoms. The van der Waals surface area contributed by atoms with Crippen LogP contribution in [0.25, 0.3) is 0 Å². The third-order valence-corrected chi connectivity index (χ3v) is 3.20. The molecule has 0 saturated carbocycles. The van der Waals surface area contributed by atoms with Gasteiger partial charge in [0, 0.05) is 6.04 Å². The molecule has 1 aliphatic heterocycles. The molecule has 1 aliphatic rings. The quantitative estimate of drug-likeness (QED) is 0.769. The van der Waals surface area contributed by atoms with Crippen LogP contribution in [0.5, 0.6) is 0 Å². The number of hydrogen-bond acceptors (Lipinski definition) is 2. The Morgan fingerprint density at radius 3 is 2.69 bits per heavy atom. The van der Waals surface area contributed by atoms with E-state index >= 15 is 0 Å². The zero-order chi connectivity index (χ0) is 12.1. The first-order chi connectivity index (χ1) is 7.49. The van der Waals surface area contributed by atoms with E-state index in [1.54, 1.807) is 0 Å². The molecule has 0 aromatic rings. The predicted octanol–water partition coefficient (Wildman–Crippen LogP) is 1.93. The summed E-state index contributed by atoms with van der Waals surface area (Å²) in [6.45, 7) is 9.65. The topological polar surface area (TPSA) is 41.1 Å². The van der Waals surface area contributed by atoms with Crippen molar-refractivity contribution in [1.29, 1.82) is 0 Å². The molecule has 0 radical (unpaired) electrons. The van der Waals surface area contributed by atoms with E-state index in [2.05, 4.69) is 38.3 Å². The summed E-state index contributed by atoms with van der Waals surface area (Å²) in [5.74, 6) is 1.48. The van der Waals surface area contributed by atoms with Gasteiger partial charge in [-0.2, -0.15) is 0 Å². The van der Waals surface area contributed by atoms with Crippen molar-refractivity contribution in [3.8, 4) is 0 Å². The van der Waals surface area contributed by atoms with E-state index in [-0.39, 0.29) is 18.0 Å². The van der Waals surface area contributed by atoms with Crippen molar-refractivity contribution in [3.63, 3.8) is 0 Å². The number of carbonyl (C=O) groups excluding carboxylic acids is 1. The van der Waals surface area contributed by atoms with Gasteiger partial charge in [0.15, 0.2) is 0 Å². The van der Waals surface area contributed by atoms with Crippen molar-refractivity contribution in [3.05, 3.63) is 0 Å². The second-order valence-electron chi connectivity index (χ2n) is 5.68. The van der Waals surface area contributed by atoms with Gasteiger partial charge in [-0.15, -0.1) is 0 Å². The van der Waals surface area contributed by atoms with Crippen molar-refractivity contribution in [2.45, 2.75) is 59.0 Å². The molecular formula is C13H26N2O. The fourth-order valence-electron chi connectivity index (χ4n) is 2.42. The summed E-state index contributed by atoms with van der Waals surface area (Å²) in [5.41, 5.74) is 0. The van der Waals surface area contributed by atoms with Crippen molar-refractivity contribution in [2.75, 3.05) is 6.54 Å². The van der Waals surface area contributed by atoms with E-state index in [4.69, 9.17) is 0 Å². The third kappa shape index (κ3) is 4.52. The predicted molar refractivity (Wildman–Crippen MR) is 67.2 cm³/mol. The van der Waals surface area contributed by atoms with Gasteiger partial charge in [-0.05, 0) is 44.6 Å². The number of carbonyl (C=O) groups is 1. The molecule has 16 heavy (non-hydrogen) atoms. The summed E-state index contributed by atoms with van der Waals surface area (Å²) in [7, 11) is 0. The van der Waals surface area contributed by atoms with Crippen LogP contribution in [-0.2, 0) is 4.79 Å². The molecule has 1 amide bonds. The summed E-state index contributed by atoms with van der Waals surface area (Å²) in [4.78, 5) is 12.0. The summed E-state index contributed by atoms with van der Waals surface area (Å²) in [5, 5.41) is 6.40. The SMILES string of the molecule is CC(C)CC(C)NC(=O)C1CC(C)CCN1. The highest BCUT2D eigenvalue weighted by molar-refractivity contribution is 5.82. The van der Waals surface area contributed by atoms with Crippen molar-refractivity contribution >= 4 is 5.91 Å². The molecule has 1 rings (SSSR count). The van der Waals surface area contributed by atoms with Crippen molar-refractivity contribution in [1.82, 2.24) is 10.6 Å². The lowest BCUT2D eigenvalue weighted by molar-refractivity contribution is -0.124. The van der Waals surface area contributed by atoms with Crippen LogP contribution in [0.2, 0.25) is 0 Å². The molecule has 0 aromatic heterocycles. The largest absolute Gasteiger partial charge is 0.352 e. The normalized spacial score (nSPS) is 27.8. The maximum atomic E-state index is 12.0.